The first-order valence-corrected chi connectivity index (χ1v) is 10.4. The fourth-order valence-electron chi connectivity index (χ4n) is 4.23. The Kier molecular flexibility index (Phi) is 9.77. The van der Waals surface area contributed by atoms with Crippen LogP contribution >= 0.6 is 0 Å². The Labute approximate surface area is 146 Å². The number of unbranched alkanes of at least 4 members (excludes halogenated alkanes) is 9. The fourth-order valence-corrected chi connectivity index (χ4v) is 4.23. The predicted molar refractivity (Wildman–Crippen MR) is 104 cm³/mol. The molecule has 0 aromatic rings. The molecule has 1 rings (SSSR count). The Morgan fingerprint density at radius 3 is 1.61 bits per heavy atom. The highest BCUT2D eigenvalue weighted by Crippen LogP contribution is 2.36. The zero-order valence-corrected chi connectivity index (χ0v) is 16.8. The normalized spacial score (nSPS) is 20.7. The van der Waals surface area contributed by atoms with E-state index in [0.717, 1.165) is 6.54 Å². The Hall–Kier alpha value is -0.0800. The molecule has 0 unspecified atom stereocenters. The average molecular weight is 325 g/mol. The summed E-state index contributed by atoms with van der Waals surface area (Å²) in [4.78, 5) is 0. The maximum Gasteiger partial charge on any atom is 0.0304 e. The van der Waals surface area contributed by atoms with Crippen molar-refractivity contribution in [2.24, 2.45) is 0 Å². The summed E-state index contributed by atoms with van der Waals surface area (Å²) in [7, 11) is 0. The average Bonchev–Trinajstić information content (AvgIpc) is 2.46. The van der Waals surface area contributed by atoms with Crippen molar-refractivity contribution in [1.29, 1.82) is 0 Å². The zero-order chi connectivity index (χ0) is 17.2. The molecule has 1 N–H and O–H groups in total. The first-order chi connectivity index (χ1) is 10.9. The summed E-state index contributed by atoms with van der Waals surface area (Å²) < 4.78 is 0. The van der Waals surface area contributed by atoms with Gasteiger partial charge in [-0.25, -0.2) is 5.01 Å². The van der Waals surface area contributed by atoms with Gasteiger partial charge in [-0.05, 0) is 53.4 Å². The van der Waals surface area contributed by atoms with Crippen molar-refractivity contribution in [3.63, 3.8) is 0 Å². The summed E-state index contributed by atoms with van der Waals surface area (Å²) in [6, 6.07) is 0. The van der Waals surface area contributed by atoms with Crippen LogP contribution in [0.3, 0.4) is 0 Å². The van der Waals surface area contributed by atoms with Gasteiger partial charge in [0.25, 0.3) is 0 Å². The van der Waals surface area contributed by atoms with Crippen LogP contribution in [0, 0.1) is 0 Å². The van der Waals surface area contributed by atoms with Gasteiger partial charge in [-0.3, -0.25) is 5.43 Å². The number of piperidine rings is 1. The van der Waals surface area contributed by atoms with Crippen LogP contribution in [0.5, 0.6) is 0 Å². The molecule has 0 aromatic carbocycles. The van der Waals surface area contributed by atoms with E-state index < -0.39 is 0 Å². The monoisotopic (exact) mass is 324 g/mol. The van der Waals surface area contributed by atoms with E-state index in [9.17, 15) is 0 Å². The van der Waals surface area contributed by atoms with E-state index in [2.05, 4.69) is 45.1 Å². The maximum atomic E-state index is 3.76. The van der Waals surface area contributed by atoms with Crippen LogP contribution in [0.25, 0.3) is 0 Å². The van der Waals surface area contributed by atoms with Gasteiger partial charge in [0.05, 0.1) is 0 Å². The molecule has 0 aromatic heterocycles. The molecule has 23 heavy (non-hydrogen) atoms. The number of hydrazine groups is 1. The van der Waals surface area contributed by atoms with Crippen LogP contribution in [0.2, 0.25) is 0 Å². The molecular weight excluding hydrogens is 280 g/mol. The van der Waals surface area contributed by atoms with Gasteiger partial charge in [-0.1, -0.05) is 64.7 Å². The molecule has 2 heteroatoms. The van der Waals surface area contributed by atoms with E-state index in [4.69, 9.17) is 0 Å². The second kappa shape index (κ2) is 10.7. The molecule has 0 bridgehead atoms. The van der Waals surface area contributed by atoms with Crippen molar-refractivity contribution in [3.8, 4) is 0 Å². The van der Waals surface area contributed by atoms with Gasteiger partial charge in [0.2, 0.25) is 0 Å². The summed E-state index contributed by atoms with van der Waals surface area (Å²) in [6.45, 7) is 13.0. The number of nitrogens with one attached hydrogen (secondary N) is 1. The van der Waals surface area contributed by atoms with Crippen LogP contribution < -0.4 is 5.43 Å². The first-order valence-electron chi connectivity index (χ1n) is 10.4. The third kappa shape index (κ3) is 8.03. The van der Waals surface area contributed by atoms with Gasteiger partial charge in [0.15, 0.2) is 0 Å². The molecule has 1 heterocycles. The van der Waals surface area contributed by atoms with E-state index in [0.29, 0.717) is 11.1 Å². The summed E-state index contributed by atoms with van der Waals surface area (Å²) in [5.41, 5.74) is 4.34. The van der Waals surface area contributed by atoms with E-state index in [-0.39, 0.29) is 0 Å². The van der Waals surface area contributed by atoms with Gasteiger partial charge >= 0.3 is 0 Å². The number of hydrogen-bond acceptors (Lipinski definition) is 2. The molecule has 2 nitrogen and oxygen atoms in total. The number of rotatable bonds is 12. The van der Waals surface area contributed by atoms with Gasteiger partial charge in [0, 0.05) is 17.6 Å². The highest BCUT2D eigenvalue weighted by molar-refractivity contribution is 4.94. The van der Waals surface area contributed by atoms with Crippen LogP contribution in [-0.4, -0.2) is 22.6 Å². The molecule has 0 saturated carbocycles. The van der Waals surface area contributed by atoms with Crippen LogP contribution in [0.15, 0.2) is 0 Å². The largest absolute Gasteiger partial charge is 0.254 e. The summed E-state index contributed by atoms with van der Waals surface area (Å²) in [5, 5.41) is 2.55. The van der Waals surface area contributed by atoms with Crippen molar-refractivity contribution in [2.75, 3.05) is 6.54 Å². The van der Waals surface area contributed by atoms with E-state index in [1.807, 2.05) is 0 Å². The van der Waals surface area contributed by atoms with Gasteiger partial charge < -0.3 is 0 Å². The van der Waals surface area contributed by atoms with Crippen LogP contribution in [-0.2, 0) is 0 Å². The minimum absolute atomic E-state index is 0.292. The molecule has 1 aliphatic rings. The molecule has 0 radical (unpaired) electrons. The fraction of sp³-hybridized carbons (Fsp3) is 1.00. The van der Waals surface area contributed by atoms with Crippen LogP contribution in [0.1, 0.15) is 118 Å². The molecule has 1 aliphatic heterocycles. The van der Waals surface area contributed by atoms with Crippen molar-refractivity contribution in [1.82, 2.24) is 10.4 Å². The lowest BCUT2D eigenvalue weighted by Crippen LogP contribution is -2.64. The standard InChI is InChI=1S/C21H44N2/c1-6-7-8-9-10-11-12-13-14-15-19-22-23-20(2,3)17-16-18-21(23,4)5/h22H,6-19H2,1-5H3. The van der Waals surface area contributed by atoms with E-state index in [1.165, 1.54) is 83.5 Å². The smallest absolute Gasteiger partial charge is 0.0304 e. The van der Waals surface area contributed by atoms with E-state index in [1.54, 1.807) is 0 Å². The number of nitrogens with zero attached hydrogens (tertiary/aromatic N) is 1. The molecule has 0 aliphatic carbocycles. The van der Waals surface area contributed by atoms with Crippen molar-refractivity contribution >= 4 is 0 Å². The minimum atomic E-state index is 0.292. The Bertz CT molecular complexity index is 280. The second-order valence-corrected chi connectivity index (χ2v) is 8.90. The summed E-state index contributed by atoms with van der Waals surface area (Å²) >= 11 is 0. The molecule has 1 saturated heterocycles. The Morgan fingerprint density at radius 1 is 0.696 bits per heavy atom. The Balaban J connectivity index is 2.03. The maximum absolute atomic E-state index is 3.76. The highest BCUT2D eigenvalue weighted by Gasteiger charge is 2.40. The van der Waals surface area contributed by atoms with Gasteiger partial charge in [0.1, 0.15) is 0 Å². The lowest BCUT2D eigenvalue weighted by Gasteiger charge is -2.52. The highest BCUT2D eigenvalue weighted by atomic mass is 15.6. The zero-order valence-electron chi connectivity index (χ0n) is 16.8. The molecular formula is C21H44N2. The third-order valence-corrected chi connectivity index (χ3v) is 5.59. The quantitative estimate of drug-likeness (QED) is 0.415. The Morgan fingerprint density at radius 2 is 1.13 bits per heavy atom. The van der Waals surface area contributed by atoms with E-state index >= 15 is 0 Å². The van der Waals surface area contributed by atoms with Crippen LogP contribution in [0.4, 0.5) is 0 Å². The molecule has 1 fully saturated rings. The predicted octanol–water partition coefficient (Wildman–Crippen LogP) is 6.46. The van der Waals surface area contributed by atoms with Crippen molar-refractivity contribution in [2.45, 2.75) is 129 Å². The lowest BCUT2D eigenvalue weighted by atomic mass is 9.81. The topological polar surface area (TPSA) is 15.3 Å². The third-order valence-electron chi connectivity index (χ3n) is 5.59. The first kappa shape index (κ1) is 21.0. The molecule has 0 amide bonds. The molecule has 138 valence electrons. The van der Waals surface area contributed by atoms with Crippen molar-refractivity contribution < 1.29 is 0 Å². The lowest BCUT2D eigenvalue weighted by molar-refractivity contribution is -0.0701. The molecule has 0 atom stereocenters. The molecule has 0 spiro atoms. The summed E-state index contributed by atoms with van der Waals surface area (Å²) in [6.07, 6.45) is 18.1. The van der Waals surface area contributed by atoms with Gasteiger partial charge in [-0.15, -0.1) is 0 Å². The second-order valence-electron chi connectivity index (χ2n) is 8.90. The minimum Gasteiger partial charge on any atom is -0.254 e. The SMILES string of the molecule is CCCCCCCCCCCCNN1C(C)(C)CCCC1(C)C. The number of hydrogen-bond donors (Lipinski definition) is 1. The summed E-state index contributed by atoms with van der Waals surface area (Å²) in [5.74, 6) is 0. The van der Waals surface area contributed by atoms with Crippen molar-refractivity contribution in [3.05, 3.63) is 0 Å². The van der Waals surface area contributed by atoms with Gasteiger partial charge in [-0.2, -0.15) is 0 Å².